The summed E-state index contributed by atoms with van der Waals surface area (Å²) in [6.07, 6.45) is 3.46. The Labute approximate surface area is 161 Å². The fraction of sp³-hybridized carbons (Fsp3) is 0.417. The van der Waals surface area contributed by atoms with Crippen molar-refractivity contribution in [3.8, 4) is 5.75 Å². The van der Waals surface area contributed by atoms with Gasteiger partial charge in [0.15, 0.2) is 0 Å². The van der Waals surface area contributed by atoms with E-state index in [0.717, 1.165) is 31.7 Å². The Balaban J connectivity index is 1.68. The first kappa shape index (κ1) is 16.9. The van der Waals surface area contributed by atoms with E-state index in [4.69, 9.17) is 4.74 Å². The molecule has 1 aliphatic carbocycles. The number of rotatable bonds is 2. The van der Waals surface area contributed by atoms with E-state index in [1.807, 2.05) is 0 Å². The number of aromatic nitrogens is 1. The van der Waals surface area contributed by atoms with Crippen LogP contribution < -0.4 is 4.74 Å². The molecule has 0 amide bonds. The number of H-pyrrole nitrogens is 1. The maximum atomic E-state index is 5.56. The third-order valence-electron chi connectivity index (χ3n) is 7.08. The summed E-state index contributed by atoms with van der Waals surface area (Å²) in [7, 11) is 4.03. The summed E-state index contributed by atoms with van der Waals surface area (Å²) in [6, 6.07) is 15.5. The molecule has 0 bridgehead atoms. The molecule has 2 atom stereocenters. The molecular formula is C24H28N2O. The smallest absolute Gasteiger partial charge is 0.119 e. The zero-order chi connectivity index (χ0) is 18.6. The number of aromatic amines is 1. The molecule has 2 aromatic carbocycles. The molecule has 1 aromatic heterocycles. The monoisotopic (exact) mass is 360 g/mol. The van der Waals surface area contributed by atoms with E-state index in [0.29, 0.717) is 5.92 Å². The average molecular weight is 361 g/mol. The molecule has 1 aliphatic heterocycles. The van der Waals surface area contributed by atoms with Gasteiger partial charge in [-0.05, 0) is 74.5 Å². The Bertz CT molecular complexity index is 1000. The summed E-state index contributed by atoms with van der Waals surface area (Å²) >= 11 is 0. The van der Waals surface area contributed by atoms with Crippen molar-refractivity contribution in [2.45, 2.75) is 31.6 Å². The lowest BCUT2D eigenvalue weighted by Gasteiger charge is -2.50. The van der Waals surface area contributed by atoms with Crippen molar-refractivity contribution in [1.82, 2.24) is 9.88 Å². The summed E-state index contributed by atoms with van der Waals surface area (Å²) in [5.41, 5.74) is 7.31. The van der Waals surface area contributed by atoms with Gasteiger partial charge in [-0.25, -0.2) is 0 Å². The number of ether oxygens (including phenoxy) is 1. The van der Waals surface area contributed by atoms with Gasteiger partial charge in [-0.1, -0.05) is 30.3 Å². The second kappa shape index (κ2) is 6.13. The molecule has 2 heterocycles. The highest BCUT2D eigenvalue weighted by Gasteiger charge is 2.47. The van der Waals surface area contributed by atoms with Crippen LogP contribution in [-0.4, -0.2) is 37.1 Å². The molecule has 1 fully saturated rings. The summed E-state index contributed by atoms with van der Waals surface area (Å²) in [5.74, 6) is 1.60. The zero-order valence-corrected chi connectivity index (χ0v) is 16.5. The van der Waals surface area contributed by atoms with Crippen molar-refractivity contribution < 1.29 is 4.74 Å². The average Bonchev–Trinajstić information content (AvgIpc) is 3.05. The van der Waals surface area contributed by atoms with Crippen LogP contribution in [0.4, 0.5) is 0 Å². The highest BCUT2D eigenvalue weighted by atomic mass is 16.5. The highest BCUT2D eigenvalue weighted by molar-refractivity contribution is 5.87. The molecule has 3 heteroatoms. The SMILES string of the molecule is COc1cccc(C23CCN(C)CC2Cc2c([nH]c4c(C)cccc24)C3)c1. The molecule has 3 aromatic rings. The highest BCUT2D eigenvalue weighted by Crippen LogP contribution is 2.49. The summed E-state index contributed by atoms with van der Waals surface area (Å²) in [4.78, 5) is 6.31. The predicted molar refractivity (Wildman–Crippen MR) is 111 cm³/mol. The van der Waals surface area contributed by atoms with E-state index in [9.17, 15) is 0 Å². The third kappa shape index (κ3) is 2.52. The molecule has 27 heavy (non-hydrogen) atoms. The fourth-order valence-electron chi connectivity index (χ4n) is 5.56. The van der Waals surface area contributed by atoms with Gasteiger partial charge in [0.25, 0.3) is 0 Å². The molecule has 1 N–H and O–H groups in total. The number of benzene rings is 2. The molecular weight excluding hydrogens is 332 g/mol. The van der Waals surface area contributed by atoms with E-state index in [1.165, 1.54) is 34.1 Å². The minimum Gasteiger partial charge on any atom is -0.497 e. The normalized spacial score (nSPS) is 25.2. The lowest BCUT2D eigenvalue weighted by atomic mass is 9.59. The van der Waals surface area contributed by atoms with Crippen LogP contribution in [0, 0.1) is 12.8 Å². The first-order chi connectivity index (χ1) is 13.1. The van der Waals surface area contributed by atoms with Gasteiger partial charge in [0.1, 0.15) is 5.75 Å². The van der Waals surface area contributed by atoms with Crippen LogP contribution in [0.3, 0.4) is 0 Å². The number of methoxy groups -OCH3 is 1. The van der Waals surface area contributed by atoms with Gasteiger partial charge in [0, 0.05) is 28.6 Å². The van der Waals surface area contributed by atoms with Crippen molar-refractivity contribution in [2.75, 3.05) is 27.2 Å². The molecule has 3 nitrogen and oxygen atoms in total. The van der Waals surface area contributed by atoms with Crippen LogP contribution >= 0.6 is 0 Å². The van der Waals surface area contributed by atoms with Gasteiger partial charge < -0.3 is 14.6 Å². The van der Waals surface area contributed by atoms with Crippen LogP contribution in [0.5, 0.6) is 5.75 Å². The molecule has 0 saturated carbocycles. The molecule has 1 saturated heterocycles. The van der Waals surface area contributed by atoms with E-state index in [1.54, 1.807) is 12.7 Å². The fourth-order valence-corrected chi connectivity index (χ4v) is 5.56. The Morgan fingerprint density at radius 3 is 2.89 bits per heavy atom. The van der Waals surface area contributed by atoms with Crippen molar-refractivity contribution in [1.29, 1.82) is 0 Å². The minimum absolute atomic E-state index is 0.197. The number of likely N-dealkylation sites (tertiary alicyclic amines) is 1. The van der Waals surface area contributed by atoms with Gasteiger partial charge in [0.2, 0.25) is 0 Å². The summed E-state index contributed by atoms with van der Waals surface area (Å²) in [6.45, 7) is 4.53. The van der Waals surface area contributed by atoms with Crippen LogP contribution in [-0.2, 0) is 18.3 Å². The third-order valence-corrected chi connectivity index (χ3v) is 7.08. The molecule has 140 valence electrons. The summed E-state index contributed by atoms with van der Waals surface area (Å²) in [5, 5.41) is 1.43. The van der Waals surface area contributed by atoms with E-state index in [2.05, 4.69) is 66.3 Å². The number of nitrogens with one attached hydrogen (secondary N) is 1. The Morgan fingerprint density at radius 2 is 2.04 bits per heavy atom. The maximum absolute atomic E-state index is 5.56. The number of hydrogen-bond acceptors (Lipinski definition) is 2. The largest absolute Gasteiger partial charge is 0.497 e. The topological polar surface area (TPSA) is 28.3 Å². The van der Waals surface area contributed by atoms with Gasteiger partial charge in [0.05, 0.1) is 7.11 Å². The molecule has 5 rings (SSSR count). The van der Waals surface area contributed by atoms with E-state index in [-0.39, 0.29) is 5.41 Å². The Hall–Kier alpha value is -2.26. The molecule has 0 spiro atoms. The predicted octanol–water partition coefficient (Wildman–Crippen LogP) is 4.47. The van der Waals surface area contributed by atoms with Gasteiger partial charge in [-0.3, -0.25) is 0 Å². The Morgan fingerprint density at radius 1 is 1.19 bits per heavy atom. The van der Waals surface area contributed by atoms with Crippen molar-refractivity contribution in [3.63, 3.8) is 0 Å². The summed E-state index contributed by atoms with van der Waals surface area (Å²) < 4.78 is 5.56. The lowest BCUT2D eigenvalue weighted by Crippen LogP contribution is -2.52. The number of fused-ring (bicyclic) bond motifs is 4. The van der Waals surface area contributed by atoms with Crippen LogP contribution in [0.2, 0.25) is 0 Å². The van der Waals surface area contributed by atoms with Gasteiger partial charge >= 0.3 is 0 Å². The quantitative estimate of drug-likeness (QED) is 0.730. The number of para-hydroxylation sites is 1. The first-order valence-electron chi connectivity index (χ1n) is 10.0. The zero-order valence-electron chi connectivity index (χ0n) is 16.5. The van der Waals surface area contributed by atoms with Crippen molar-refractivity contribution >= 4 is 10.9 Å². The first-order valence-corrected chi connectivity index (χ1v) is 10.0. The van der Waals surface area contributed by atoms with E-state index >= 15 is 0 Å². The Kier molecular flexibility index (Phi) is 3.83. The van der Waals surface area contributed by atoms with Gasteiger partial charge in [-0.15, -0.1) is 0 Å². The van der Waals surface area contributed by atoms with Gasteiger partial charge in [-0.2, -0.15) is 0 Å². The standard InChI is InChI=1S/C24H28N2O/c1-16-6-4-9-20-21-13-18-15-26(2)11-10-24(18,14-22(21)25-23(16)20)17-7-5-8-19(12-17)27-3/h4-9,12,18,25H,10-11,13-15H2,1-3H3. The molecule has 2 aliphatic rings. The molecule has 2 unspecified atom stereocenters. The minimum atomic E-state index is 0.197. The van der Waals surface area contributed by atoms with E-state index < -0.39 is 0 Å². The second-order valence-electron chi connectivity index (χ2n) is 8.56. The van der Waals surface area contributed by atoms with Crippen molar-refractivity contribution in [2.24, 2.45) is 5.92 Å². The molecule has 0 radical (unpaired) electrons. The lowest BCUT2D eigenvalue weighted by molar-refractivity contribution is 0.0994. The number of piperidine rings is 1. The van der Waals surface area contributed by atoms with Crippen LogP contribution in [0.15, 0.2) is 42.5 Å². The van der Waals surface area contributed by atoms with Crippen LogP contribution in [0.25, 0.3) is 10.9 Å². The number of nitrogens with zero attached hydrogens (tertiary/aromatic N) is 1. The number of aryl methyl sites for hydroxylation is 1. The van der Waals surface area contributed by atoms with Crippen LogP contribution in [0.1, 0.15) is 28.8 Å². The second-order valence-corrected chi connectivity index (χ2v) is 8.56. The maximum Gasteiger partial charge on any atom is 0.119 e. The van der Waals surface area contributed by atoms with Crippen molar-refractivity contribution in [3.05, 3.63) is 64.8 Å². The number of hydrogen-bond donors (Lipinski definition) is 1.